The predicted octanol–water partition coefficient (Wildman–Crippen LogP) is 2.15. The third kappa shape index (κ3) is 4.68. The Morgan fingerprint density at radius 2 is 1.88 bits per heavy atom. The summed E-state index contributed by atoms with van der Waals surface area (Å²) in [5, 5.41) is 5.23. The molecule has 0 atom stereocenters. The van der Waals surface area contributed by atoms with Crippen LogP contribution in [0.5, 0.6) is 0 Å². The Morgan fingerprint density at radius 1 is 1.29 bits per heavy atom. The van der Waals surface area contributed by atoms with Gasteiger partial charge in [0.15, 0.2) is 5.96 Å². The van der Waals surface area contributed by atoms with Crippen LogP contribution < -0.4 is 10.6 Å². The van der Waals surface area contributed by atoms with E-state index in [0.717, 1.165) is 0 Å². The Hall–Kier alpha value is -1.17. The van der Waals surface area contributed by atoms with Crippen LogP contribution in [0.1, 0.15) is 5.56 Å². The van der Waals surface area contributed by atoms with Crippen molar-refractivity contribution in [1.29, 1.82) is 0 Å². The molecule has 1 aromatic carbocycles. The van der Waals surface area contributed by atoms with Crippen LogP contribution in [0.2, 0.25) is 0 Å². The minimum absolute atomic E-state index is 0. The van der Waals surface area contributed by atoms with E-state index in [-0.39, 0.29) is 22.5 Å². The molecule has 0 saturated carbocycles. The maximum atomic E-state index is 13.6. The minimum atomic E-state index is -2.91. The number of nitrogens with zero attached hydrogens (tertiary/aromatic N) is 1. The first kappa shape index (κ1) is 15.8. The quantitative estimate of drug-likeness (QED) is 0.663. The zero-order chi connectivity index (χ0) is 12.0. The van der Waals surface area contributed by atoms with Crippen LogP contribution in [0.4, 0.5) is 8.78 Å². The van der Waals surface area contributed by atoms with Gasteiger partial charge in [0.1, 0.15) is 0 Å². The summed E-state index contributed by atoms with van der Waals surface area (Å²) in [5.74, 6) is -2.57. The van der Waals surface area contributed by atoms with E-state index in [1.807, 2.05) is 0 Å². The third-order valence-electron chi connectivity index (χ3n) is 2.13. The van der Waals surface area contributed by atoms with Gasteiger partial charge in [-0.25, -0.2) is 0 Å². The van der Waals surface area contributed by atoms with Gasteiger partial charge in [0.2, 0.25) is 0 Å². The number of rotatable bonds is 3. The molecule has 0 spiro atoms. The second-order valence-electron chi connectivity index (χ2n) is 3.25. The van der Waals surface area contributed by atoms with Crippen molar-refractivity contribution in [2.24, 2.45) is 4.99 Å². The average molecular weight is 308 g/mol. The highest BCUT2D eigenvalue weighted by Gasteiger charge is 2.31. The molecule has 0 amide bonds. The zero-order valence-electron chi connectivity index (χ0n) is 9.71. The van der Waals surface area contributed by atoms with E-state index >= 15 is 0 Å². The molecule has 1 aromatic rings. The van der Waals surface area contributed by atoms with Gasteiger partial charge < -0.3 is 10.6 Å². The van der Waals surface area contributed by atoms with E-state index in [2.05, 4.69) is 15.6 Å². The first-order valence-corrected chi connectivity index (χ1v) is 4.92. The molecule has 0 bridgehead atoms. The highest BCUT2D eigenvalue weighted by Crippen LogP contribution is 2.26. The van der Waals surface area contributed by atoms with Crippen LogP contribution >= 0.6 is 17.0 Å². The molecule has 1 rings (SSSR count). The third-order valence-corrected chi connectivity index (χ3v) is 2.13. The maximum Gasteiger partial charge on any atom is 0.290 e. The summed E-state index contributed by atoms with van der Waals surface area (Å²) in [6, 6.07) is 7.71. The van der Waals surface area contributed by atoms with E-state index in [0.29, 0.717) is 5.96 Å². The summed E-state index contributed by atoms with van der Waals surface area (Å²) in [6.07, 6.45) is 0. The molecule has 17 heavy (non-hydrogen) atoms. The second kappa shape index (κ2) is 7.21. The largest absolute Gasteiger partial charge is 0.359 e. The second-order valence-corrected chi connectivity index (χ2v) is 3.25. The van der Waals surface area contributed by atoms with Gasteiger partial charge in [-0.3, -0.25) is 4.99 Å². The van der Waals surface area contributed by atoms with Crippen molar-refractivity contribution in [3.8, 4) is 0 Å². The highest BCUT2D eigenvalue weighted by atomic mass is 79.9. The average Bonchev–Trinajstić information content (AvgIpc) is 2.31. The van der Waals surface area contributed by atoms with Gasteiger partial charge in [0.05, 0.1) is 6.54 Å². The molecule has 96 valence electrons. The van der Waals surface area contributed by atoms with E-state index in [9.17, 15) is 8.78 Å². The van der Waals surface area contributed by atoms with E-state index in [1.54, 1.807) is 25.2 Å². The fourth-order valence-electron chi connectivity index (χ4n) is 1.26. The molecule has 0 aromatic heterocycles. The SMILES string of the molecule is Br.CN=C(NC)NCC(F)(F)c1ccccc1. The molecule has 0 fully saturated rings. The first-order valence-electron chi connectivity index (χ1n) is 4.92. The summed E-state index contributed by atoms with van der Waals surface area (Å²) in [6.45, 7) is -0.482. The Labute approximate surface area is 110 Å². The van der Waals surface area contributed by atoms with Crippen LogP contribution in [0.25, 0.3) is 0 Å². The fraction of sp³-hybridized carbons (Fsp3) is 0.364. The van der Waals surface area contributed by atoms with Crippen molar-refractivity contribution in [1.82, 2.24) is 10.6 Å². The lowest BCUT2D eigenvalue weighted by atomic mass is 10.1. The van der Waals surface area contributed by atoms with Gasteiger partial charge in [-0.15, -0.1) is 17.0 Å². The van der Waals surface area contributed by atoms with Crippen molar-refractivity contribution >= 4 is 22.9 Å². The molecule has 0 aliphatic rings. The Balaban J connectivity index is 0.00000256. The van der Waals surface area contributed by atoms with E-state index < -0.39 is 12.5 Å². The zero-order valence-corrected chi connectivity index (χ0v) is 11.4. The lowest BCUT2D eigenvalue weighted by molar-refractivity contribution is 0.00112. The smallest absolute Gasteiger partial charge is 0.290 e. The number of halogens is 3. The van der Waals surface area contributed by atoms with Crippen LogP contribution in [0.3, 0.4) is 0 Å². The number of benzene rings is 1. The molecule has 0 saturated heterocycles. The maximum absolute atomic E-state index is 13.6. The minimum Gasteiger partial charge on any atom is -0.359 e. The number of alkyl halides is 2. The van der Waals surface area contributed by atoms with Gasteiger partial charge in [0, 0.05) is 19.7 Å². The molecule has 2 N–H and O–H groups in total. The van der Waals surface area contributed by atoms with Gasteiger partial charge in [-0.05, 0) is 0 Å². The van der Waals surface area contributed by atoms with Gasteiger partial charge in [0.25, 0.3) is 5.92 Å². The molecule has 0 aliphatic heterocycles. The topological polar surface area (TPSA) is 36.4 Å². The molecule has 0 aliphatic carbocycles. The number of nitrogens with one attached hydrogen (secondary N) is 2. The molecule has 0 unspecified atom stereocenters. The molecular formula is C11H16BrF2N3. The van der Waals surface area contributed by atoms with Crippen molar-refractivity contribution in [3.63, 3.8) is 0 Å². The van der Waals surface area contributed by atoms with Gasteiger partial charge >= 0.3 is 0 Å². The number of guanidine groups is 1. The molecule has 0 radical (unpaired) electrons. The van der Waals surface area contributed by atoms with Crippen LogP contribution in [0.15, 0.2) is 35.3 Å². The number of hydrogen-bond donors (Lipinski definition) is 2. The highest BCUT2D eigenvalue weighted by molar-refractivity contribution is 8.93. The van der Waals surface area contributed by atoms with Crippen molar-refractivity contribution in [2.75, 3.05) is 20.6 Å². The lowest BCUT2D eigenvalue weighted by Gasteiger charge is -2.18. The Bertz CT molecular complexity index is 355. The normalized spacial score (nSPS) is 11.6. The van der Waals surface area contributed by atoms with Crippen LogP contribution in [-0.2, 0) is 5.92 Å². The summed E-state index contributed by atoms with van der Waals surface area (Å²) >= 11 is 0. The first-order chi connectivity index (χ1) is 7.60. The number of aliphatic imine (C=N–C) groups is 1. The van der Waals surface area contributed by atoms with Crippen LogP contribution in [0, 0.1) is 0 Å². The summed E-state index contributed by atoms with van der Waals surface area (Å²) in [7, 11) is 3.15. The van der Waals surface area contributed by atoms with Crippen LogP contribution in [-0.4, -0.2) is 26.6 Å². The van der Waals surface area contributed by atoms with Crippen molar-refractivity contribution < 1.29 is 8.78 Å². The molecule has 6 heteroatoms. The molecular weight excluding hydrogens is 292 g/mol. The lowest BCUT2D eigenvalue weighted by Crippen LogP contribution is -2.41. The van der Waals surface area contributed by atoms with E-state index in [1.165, 1.54) is 19.2 Å². The standard InChI is InChI=1S/C11H15F2N3.BrH/c1-14-10(15-2)16-8-11(12,13)9-6-4-3-5-7-9;/h3-7H,8H2,1-2H3,(H2,14,15,16);1H. The molecule has 0 heterocycles. The van der Waals surface area contributed by atoms with E-state index in [4.69, 9.17) is 0 Å². The summed E-state index contributed by atoms with van der Waals surface area (Å²) in [5.41, 5.74) is -0.00550. The van der Waals surface area contributed by atoms with Crippen molar-refractivity contribution in [2.45, 2.75) is 5.92 Å². The Kier molecular flexibility index (Phi) is 6.72. The number of hydrogen-bond acceptors (Lipinski definition) is 1. The van der Waals surface area contributed by atoms with Gasteiger partial charge in [-0.1, -0.05) is 30.3 Å². The Morgan fingerprint density at radius 3 is 2.35 bits per heavy atom. The molecule has 3 nitrogen and oxygen atoms in total. The monoisotopic (exact) mass is 307 g/mol. The van der Waals surface area contributed by atoms with Crippen molar-refractivity contribution in [3.05, 3.63) is 35.9 Å². The van der Waals surface area contributed by atoms with Gasteiger partial charge in [-0.2, -0.15) is 8.78 Å². The summed E-state index contributed by atoms with van der Waals surface area (Å²) in [4.78, 5) is 3.76. The summed E-state index contributed by atoms with van der Waals surface area (Å²) < 4.78 is 27.3. The predicted molar refractivity (Wildman–Crippen MR) is 71.1 cm³/mol. The fourth-order valence-corrected chi connectivity index (χ4v) is 1.26.